The second-order valence-electron chi connectivity index (χ2n) is 6.67. The molecule has 0 aromatic heterocycles. The predicted octanol–water partition coefficient (Wildman–Crippen LogP) is 0.799. The van der Waals surface area contributed by atoms with Crippen LogP contribution in [0.1, 0.15) is 19.3 Å². The zero-order valence-corrected chi connectivity index (χ0v) is 15.4. The molecule has 1 aromatic carbocycles. The van der Waals surface area contributed by atoms with Gasteiger partial charge in [-0.2, -0.15) is 0 Å². The number of hydrogen-bond acceptors (Lipinski definition) is 6. The molecule has 1 saturated heterocycles. The van der Waals surface area contributed by atoms with Crippen LogP contribution in [0, 0.1) is 5.92 Å². The second kappa shape index (κ2) is 6.98. The first-order chi connectivity index (χ1) is 12.8. The quantitative estimate of drug-likeness (QED) is 0.721. The number of amides is 2. The van der Waals surface area contributed by atoms with E-state index in [0.717, 1.165) is 0 Å². The SMILES string of the molecule is COc1cc(N2CC(C(=O)NC3(C(=O)O)CC3)CC2=O)cc(OC)c1OC. The Hall–Kier alpha value is -2.97. The van der Waals surface area contributed by atoms with Crippen molar-refractivity contribution < 1.29 is 33.7 Å². The number of carbonyl (C=O) groups is 3. The number of carbonyl (C=O) groups excluding carboxylic acids is 2. The summed E-state index contributed by atoms with van der Waals surface area (Å²) >= 11 is 0. The van der Waals surface area contributed by atoms with Gasteiger partial charge in [-0.05, 0) is 12.8 Å². The first-order valence-electron chi connectivity index (χ1n) is 8.51. The van der Waals surface area contributed by atoms with E-state index in [1.807, 2.05) is 0 Å². The maximum Gasteiger partial charge on any atom is 0.329 e. The van der Waals surface area contributed by atoms with E-state index < -0.39 is 23.3 Å². The largest absolute Gasteiger partial charge is 0.493 e. The average Bonchev–Trinajstić information content (AvgIpc) is 3.34. The number of aliphatic carboxylic acids is 1. The van der Waals surface area contributed by atoms with Crippen LogP contribution in [0.2, 0.25) is 0 Å². The topological polar surface area (TPSA) is 114 Å². The number of carboxylic acid groups (broad SMARTS) is 1. The van der Waals surface area contributed by atoms with Crippen LogP contribution >= 0.6 is 0 Å². The molecule has 27 heavy (non-hydrogen) atoms. The Bertz CT molecular complexity index is 763. The third-order valence-corrected chi connectivity index (χ3v) is 4.98. The molecule has 1 aromatic rings. The van der Waals surface area contributed by atoms with Gasteiger partial charge in [-0.1, -0.05) is 0 Å². The van der Waals surface area contributed by atoms with Gasteiger partial charge in [-0.25, -0.2) is 4.79 Å². The summed E-state index contributed by atoms with van der Waals surface area (Å²) in [5.41, 5.74) is -0.649. The van der Waals surface area contributed by atoms with Gasteiger partial charge < -0.3 is 29.5 Å². The van der Waals surface area contributed by atoms with Gasteiger partial charge in [0.25, 0.3) is 0 Å². The molecule has 0 radical (unpaired) electrons. The van der Waals surface area contributed by atoms with E-state index in [1.165, 1.54) is 26.2 Å². The minimum Gasteiger partial charge on any atom is -0.493 e. The molecular weight excluding hydrogens is 356 g/mol. The number of nitrogens with zero attached hydrogens (tertiary/aromatic N) is 1. The minimum absolute atomic E-state index is 0.0121. The van der Waals surface area contributed by atoms with Crippen LogP contribution in [0.3, 0.4) is 0 Å². The number of carboxylic acids is 1. The van der Waals surface area contributed by atoms with Crippen molar-refractivity contribution in [2.24, 2.45) is 5.92 Å². The molecule has 9 nitrogen and oxygen atoms in total. The lowest BCUT2D eigenvalue weighted by Crippen LogP contribution is -2.46. The van der Waals surface area contributed by atoms with Crippen LogP contribution in [0.4, 0.5) is 5.69 Å². The molecule has 2 aliphatic rings. The van der Waals surface area contributed by atoms with Crippen LogP contribution in [-0.2, 0) is 14.4 Å². The summed E-state index contributed by atoms with van der Waals surface area (Å²) < 4.78 is 15.9. The van der Waals surface area contributed by atoms with Crippen LogP contribution in [-0.4, -0.2) is 56.3 Å². The Labute approximate surface area is 156 Å². The normalized spacial score (nSPS) is 20.2. The van der Waals surface area contributed by atoms with E-state index >= 15 is 0 Å². The molecule has 146 valence electrons. The molecule has 2 amide bonds. The highest BCUT2D eigenvalue weighted by Crippen LogP contribution is 2.42. The summed E-state index contributed by atoms with van der Waals surface area (Å²) in [5, 5.41) is 11.8. The standard InChI is InChI=1S/C18H22N2O7/c1-25-12-7-11(8-13(26-2)15(12)27-3)20-9-10(6-14(20)21)16(22)19-18(4-5-18)17(23)24/h7-8,10H,4-6,9H2,1-3H3,(H,19,22)(H,23,24). The first-order valence-corrected chi connectivity index (χ1v) is 8.51. The lowest BCUT2D eigenvalue weighted by atomic mass is 10.1. The smallest absolute Gasteiger partial charge is 0.329 e. The fourth-order valence-electron chi connectivity index (χ4n) is 3.21. The van der Waals surface area contributed by atoms with E-state index in [-0.39, 0.29) is 18.9 Å². The highest BCUT2D eigenvalue weighted by Gasteiger charge is 2.53. The van der Waals surface area contributed by atoms with Gasteiger partial charge in [0.2, 0.25) is 17.6 Å². The predicted molar refractivity (Wildman–Crippen MR) is 94.3 cm³/mol. The fourth-order valence-corrected chi connectivity index (χ4v) is 3.21. The van der Waals surface area contributed by atoms with Crippen molar-refractivity contribution in [1.82, 2.24) is 5.32 Å². The van der Waals surface area contributed by atoms with Crippen molar-refractivity contribution in [2.45, 2.75) is 24.8 Å². The molecule has 9 heteroatoms. The Balaban J connectivity index is 1.80. The second-order valence-corrected chi connectivity index (χ2v) is 6.67. The van der Waals surface area contributed by atoms with Gasteiger partial charge in [0.1, 0.15) is 5.54 Å². The van der Waals surface area contributed by atoms with Crippen molar-refractivity contribution in [3.8, 4) is 17.2 Å². The van der Waals surface area contributed by atoms with Gasteiger partial charge in [0.05, 0.1) is 32.9 Å². The zero-order chi connectivity index (χ0) is 19.8. The molecule has 2 N–H and O–H groups in total. The van der Waals surface area contributed by atoms with Gasteiger partial charge >= 0.3 is 5.97 Å². The van der Waals surface area contributed by atoms with E-state index in [4.69, 9.17) is 14.2 Å². The summed E-state index contributed by atoms with van der Waals surface area (Å²) in [5.74, 6) is -1.11. The van der Waals surface area contributed by atoms with Gasteiger partial charge in [-0.15, -0.1) is 0 Å². The Morgan fingerprint density at radius 2 is 1.74 bits per heavy atom. The summed E-state index contributed by atoms with van der Waals surface area (Å²) in [6.07, 6.45) is 0.828. The Kier molecular flexibility index (Phi) is 4.86. The zero-order valence-electron chi connectivity index (χ0n) is 15.4. The van der Waals surface area contributed by atoms with Crippen molar-refractivity contribution in [1.29, 1.82) is 0 Å². The number of nitrogens with one attached hydrogen (secondary N) is 1. The number of ether oxygens (including phenoxy) is 3. The van der Waals surface area contributed by atoms with Crippen molar-refractivity contribution in [3.05, 3.63) is 12.1 Å². The lowest BCUT2D eigenvalue weighted by molar-refractivity contribution is -0.143. The van der Waals surface area contributed by atoms with Crippen molar-refractivity contribution in [3.63, 3.8) is 0 Å². The maximum atomic E-state index is 12.5. The summed E-state index contributed by atoms with van der Waals surface area (Å²) in [7, 11) is 4.44. The molecule has 1 heterocycles. The van der Waals surface area contributed by atoms with Crippen molar-refractivity contribution in [2.75, 3.05) is 32.8 Å². The van der Waals surface area contributed by atoms with E-state index in [9.17, 15) is 19.5 Å². The van der Waals surface area contributed by atoms with E-state index in [2.05, 4.69) is 5.32 Å². The first kappa shape index (κ1) is 18.8. The minimum atomic E-state index is -1.17. The van der Waals surface area contributed by atoms with E-state index in [1.54, 1.807) is 12.1 Å². The molecule has 1 unspecified atom stereocenters. The molecule has 0 bridgehead atoms. The van der Waals surface area contributed by atoms with Crippen LogP contribution < -0.4 is 24.4 Å². The molecule has 1 aliphatic carbocycles. The van der Waals surface area contributed by atoms with E-state index in [0.29, 0.717) is 35.8 Å². The number of hydrogen-bond donors (Lipinski definition) is 2. The number of benzene rings is 1. The highest BCUT2D eigenvalue weighted by atomic mass is 16.5. The van der Waals surface area contributed by atoms with Crippen molar-refractivity contribution >= 4 is 23.5 Å². The van der Waals surface area contributed by atoms with Gasteiger partial charge in [0, 0.05) is 25.1 Å². The average molecular weight is 378 g/mol. The molecule has 1 aliphatic heterocycles. The molecule has 1 atom stereocenters. The third-order valence-electron chi connectivity index (χ3n) is 4.98. The molecular formula is C18H22N2O7. The van der Waals surface area contributed by atoms with Gasteiger partial charge in [-0.3, -0.25) is 9.59 Å². The fraction of sp³-hybridized carbons (Fsp3) is 0.500. The summed E-state index contributed by atoms with van der Waals surface area (Å²) in [4.78, 5) is 37.6. The van der Waals surface area contributed by atoms with Crippen LogP contribution in [0.5, 0.6) is 17.2 Å². The van der Waals surface area contributed by atoms with Gasteiger partial charge in [0.15, 0.2) is 11.5 Å². The molecule has 1 saturated carbocycles. The van der Waals surface area contributed by atoms with Crippen LogP contribution in [0.25, 0.3) is 0 Å². The Morgan fingerprint density at radius 3 is 2.19 bits per heavy atom. The number of rotatable bonds is 7. The molecule has 2 fully saturated rings. The van der Waals surface area contributed by atoms with Crippen LogP contribution in [0.15, 0.2) is 12.1 Å². The third kappa shape index (κ3) is 3.36. The maximum absolute atomic E-state index is 12.5. The number of methoxy groups -OCH3 is 3. The Morgan fingerprint density at radius 1 is 1.15 bits per heavy atom. The summed E-state index contributed by atoms with van der Waals surface area (Å²) in [6.45, 7) is 0.152. The highest BCUT2D eigenvalue weighted by molar-refractivity contribution is 6.01. The monoisotopic (exact) mass is 378 g/mol. The molecule has 3 rings (SSSR count). The number of anilines is 1. The lowest BCUT2D eigenvalue weighted by Gasteiger charge is -2.21. The molecule has 0 spiro atoms. The summed E-state index contributed by atoms with van der Waals surface area (Å²) in [6, 6.07) is 3.28.